The van der Waals surface area contributed by atoms with Crippen LogP contribution in [0.3, 0.4) is 0 Å². The van der Waals surface area contributed by atoms with Crippen LogP contribution in [0.15, 0.2) is 30.3 Å². The molecule has 0 unspecified atom stereocenters. The van der Waals surface area contributed by atoms with E-state index in [0.717, 1.165) is 0 Å². The first-order chi connectivity index (χ1) is 10.2. The Morgan fingerprint density at radius 2 is 1.90 bits per heavy atom. The summed E-state index contributed by atoms with van der Waals surface area (Å²) in [7, 11) is 0. The lowest BCUT2D eigenvalue weighted by atomic mass is 9.73. The number of fused-ring (bicyclic) bond motifs is 3. The van der Waals surface area contributed by atoms with Crippen molar-refractivity contribution in [3.8, 4) is 0 Å². The summed E-state index contributed by atoms with van der Waals surface area (Å²) in [6.07, 6.45) is 4.79. The maximum absolute atomic E-state index is 12.5. The molecule has 3 heteroatoms. The predicted molar refractivity (Wildman–Crippen MR) is 82.9 cm³/mol. The first kappa shape index (κ1) is 14.6. The highest BCUT2D eigenvalue weighted by Gasteiger charge is 2.47. The van der Waals surface area contributed by atoms with Gasteiger partial charge >= 0.3 is 5.97 Å². The smallest absolute Gasteiger partial charge is 0.323 e. The van der Waals surface area contributed by atoms with Gasteiger partial charge < -0.3 is 4.74 Å². The number of carbonyl (C=O) groups excluding carboxylic acids is 1. The molecule has 2 aliphatic heterocycles. The quantitative estimate of drug-likeness (QED) is 0.793. The first-order valence-corrected chi connectivity index (χ1v) is 8.21. The second-order valence-corrected chi connectivity index (χ2v) is 6.30. The van der Waals surface area contributed by atoms with Crippen LogP contribution in [0, 0.1) is 5.92 Å². The molecule has 2 saturated heterocycles. The van der Waals surface area contributed by atoms with Crippen LogP contribution < -0.4 is 0 Å². The molecule has 2 heterocycles. The van der Waals surface area contributed by atoms with Crippen LogP contribution in [0.4, 0.5) is 0 Å². The average Bonchev–Trinajstić information content (AvgIpc) is 2.55. The van der Waals surface area contributed by atoms with Gasteiger partial charge in [0.1, 0.15) is 6.04 Å². The zero-order chi connectivity index (χ0) is 14.8. The molecule has 0 radical (unpaired) electrons. The van der Waals surface area contributed by atoms with Gasteiger partial charge in [-0.2, -0.15) is 0 Å². The number of hydrogen-bond acceptors (Lipinski definition) is 3. The fourth-order valence-electron chi connectivity index (χ4n) is 4.19. The molecule has 2 bridgehead atoms. The lowest BCUT2D eigenvalue weighted by molar-refractivity contribution is -0.161. The summed E-state index contributed by atoms with van der Waals surface area (Å²) in [5.41, 5.74) is 1.29. The zero-order valence-corrected chi connectivity index (χ0v) is 13.0. The molecule has 114 valence electrons. The third-order valence-electron chi connectivity index (χ3n) is 5.19. The fraction of sp³-hybridized carbons (Fsp3) is 0.611. The van der Waals surface area contributed by atoms with E-state index in [1.165, 1.54) is 31.2 Å². The van der Waals surface area contributed by atoms with Gasteiger partial charge in [-0.05, 0) is 51.0 Å². The maximum atomic E-state index is 12.5. The predicted octanol–water partition coefficient (Wildman–Crippen LogP) is 3.55. The van der Waals surface area contributed by atoms with E-state index in [2.05, 4.69) is 36.1 Å². The van der Waals surface area contributed by atoms with Crippen molar-refractivity contribution in [1.82, 2.24) is 4.90 Å². The monoisotopic (exact) mass is 287 g/mol. The number of rotatable bonds is 4. The first-order valence-electron chi connectivity index (χ1n) is 8.21. The zero-order valence-electron chi connectivity index (χ0n) is 13.0. The van der Waals surface area contributed by atoms with Crippen molar-refractivity contribution in [3.63, 3.8) is 0 Å². The summed E-state index contributed by atoms with van der Waals surface area (Å²) in [6.45, 7) is 4.59. The van der Waals surface area contributed by atoms with Crippen molar-refractivity contribution < 1.29 is 9.53 Å². The topological polar surface area (TPSA) is 29.5 Å². The highest BCUT2D eigenvalue weighted by molar-refractivity contribution is 5.76. The number of carbonyl (C=O) groups is 1. The third-order valence-corrected chi connectivity index (χ3v) is 5.19. The summed E-state index contributed by atoms with van der Waals surface area (Å²) in [4.78, 5) is 14.9. The van der Waals surface area contributed by atoms with Crippen molar-refractivity contribution in [1.29, 1.82) is 0 Å². The summed E-state index contributed by atoms with van der Waals surface area (Å²) >= 11 is 0. The van der Waals surface area contributed by atoms with Gasteiger partial charge in [-0.25, -0.2) is 0 Å². The minimum Gasteiger partial charge on any atom is -0.465 e. The Morgan fingerprint density at radius 3 is 2.52 bits per heavy atom. The number of esters is 1. The van der Waals surface area contributed by atoms with Crippen LogP contribution in [-0.4, -0.2) is 29.6 Å². The number of hydrogen-bond donors (Lipinski definition) is 0. The Kier molecular flexibility index (Phi) is 4.29. The van der Waals surface area contributed by atoms with E-state index in [1.807, 2.05) is 13.0 Å². The molecule has 0 aromatic heterocycles. The molecule has 21 heavy (non-hydrogen) atoms. The van der Waals surface area contributed by atoms with Gasteiger partial charge in [0.2, 0.25) is 0 Å². The van der Waals surface area contributed by atoms with Crippen LogP contribution in [0.2, 0.25) is 0 Å². The largest absolute Gasteiger partial charge is 0.465 e. The van der Waals surface area contributed by atoms with Crippen LogP contribution in [-0.2, 0) is 9.53 Å². The van der Waals surface area contributed by atoms with Crippen LogP contribution in [0.1, 0.15) is 51.1 Å². The molecule has 2 atom stereocenters. The number of benzene rings is 1. The average molecular weight is 287 g/mol. The van der Waals surface area contributed by atoms with Crippen molar-refractivity contribution >= 4 is 5.97 Å². The second kappa shape index (κ2) is 6.18. The Bertz CT molecular complexity index is 479. The molecule has 0 spiro atoms. The normalized spacial score (nSPS) is 30.1. The number of piperidine rings is 2. The SMILES string of the molecule is CCOC(=O)[C@H]1[C@H]2CC[C@@H](CC2)N1[C@H](C)c1ccccc1. The minimum absolute atomic E-state index is 0.0188. The van der Waals surface area contributed by atoms with Gasteiger partial charge in [0.05, 0.1) is 6.61 Å². The highest BCUT2D eigenvalue weighted by atomic mass is 16.5. The summed E-state index contributed by atoms with van der Waals surface area (Å²) in [5, 5.41) is 0. The standard InChI is InChI=1S/C18H25NO2/c1-3-21-18(20)17-15-9-11-16(12-10-15)19(17)13(2)14-7-5-4-6-8-14/h4-8,13,15-17H,3,9-12H2,1-2H3/t13-,15-,16-,17-/m1/s1. The van der Waals surface area contributed by atoms with E-state index in [9.17, 15) is 4.79 Å². The van der Waals surface area contributed by atoms with E-state index < -0.39 is 0 Å². The Balaban J connectivity index is 1.87. The van der Waals surface area contributed by atoms with Gasteiger partial charge in [0.15, 0.2) is 0 Å². The van der Waals surface area contributed by atoms with Crippen molar-refractivity contribution in [2.45, 2.75) is 57.7 Å². The molecule has 3 fully saturated rings. The van der Waals surface area contributed by atoms with Crippen LogP contribution in [0.5, 0.6) is 0 Å². The third kappa shape index (κ3) is 2.71. The van der Waals surface area contributed by atoms with Gasteiger partial charge in [0, 0.05) is 12.1 Å². The molecule has 1 aromatic rings. The summed E-state index contributed by atoms with van der Waals surface area (Å²) < 4.78 is 5.37. The minimum atomic E-state index is -0.0485. The Hall–Kier alpha value is -1.35. The number of ether oxygens (including phenoxy) is 1. The Morgan fingerprint density at radius 1 is 1.24 bits per heavy atom. The molecule has 1 aromatic carbocycles. The van der Waals surface area contributed by atoms with Crippen LogP contribution in [0.25, 0.3) is 0 Å². The lowest BCUT2D eigenvalue weighted by Gasteiger charge is -2.52. The van der Waals surface area contributed by atoms with Gasteiger partial charge in [-0.15, -0.1) is 0 Å². The number of nitrogens with zero attached hydrogens (tertiary/aromatic N) is 1. The molecule has 0 amide bonds. The van der Waals surface area contributed by atoms with Gasteiger partial charge in [0.25, 0.3) is 0 Å². The molecule has 3 nitrogen and oxygen atoms in total. The molecule has 1 aliphatic carbocycles. The van der Waals surface area contributed by atoms with Crippen molar-refractivity contribution in [2.75, 3.05) is 6.61 Å². The Labute approximate surface area is 127 Å². The summed E-state index contributed by atoms with van der Waals surface area (Å²) in [6, 6.07) is 11.3. The summed E-state index contributed by atoms with van der Waals surface area (Å²) in [5.74, 6) is 0.454. The second-order valence-electron chi connectivity index (χ2n) is 6.30. The van der Waals surface area contributed by atoms with E-state index >= 15 is 0 Å². The van der Waals surface area contributed by atoms with E-state index in [0.29, 0.717) is 18.6 Å². The molecular formula is C18H25NO2. The van der Waals surface area contributed by atoms with E-state index in [-0.39, 0.29) is 18.1 Å². The molecule has 3 aliphatic rings. The fourth-order valence-corrected chi connectivity index (χ4v) is 4.19. The van der Waals surface area contributed by atoms with E-state index in [4.69, 9.17) is 4.74 Å². The molecular weight excluding hydrogens is 262 g/mol. The maximum Gasteiger partial charge on any atom is 0.323 e. The van der Waals surface area contributed by atoms with Crippen LogP contribution >= 0.6 is 0 Å². The van der Waals surface area contributed by atoms with Gasteiger partial charge in [-0.3, -0.25) is 9.69 Å². The molecule has 4 rings (SSSR count). The molecule has 0 N–H and O–H groups in total. The highest BCUT2D eigenvalue weighted by Crippen LogP contribution is 2.44. The van der Waals surface area contributed by atoms with Crippen molar-refractivity contribution in [2.24, 2.45) is 5.92 Å². The lowest BCUT2D eigenvalue weighted by Crippen LogP contribution is -2.59. The van der Waals surface area contributed by atoms with Crippen molar-refractivity contribution in [3.05, 3.63) is 35.9 Å². The van der Waals surface area contributed by atoms with Gasteiger partial charge in [-0.1, -0.05) is 30.3 Å². The van der Waals surface area contributed by atoms with E-state index in [1.54, 1.807) is 0 Å². The molecule has 1 saturated carbocycles.